The first kappa shape index (κ1) is 106. The predicted octanol–water partition coefficient (Wildman–Crippen LogP) is -23.0. The molecular weight excluding hydrogens is 1380 g/mol. The molecule has 0 aromatic heterocycles. The van der Waals surface area contributed by atoms with Gasteiger partial charge in [-0.1, -0.05) is 0 Å². The van der Waals surface area contributed by atoms with Crippen molar-refractivity contribution in [3.63, 3.8) is 0 Å². The minimum absolute atomic E-state index is 0. The van der Waals surface area contributed by atoms with Gasteiger partial charge in [0.1, 0.15) is 66.5 Å². The predicted molar refractivity (Wildman–Crippen MR) is 209 cm³/mol. The molecule has 0 radical (unpaired) electrons. The van der Waals surface area contributed by atoms with E-state index < -0.39 is 93.5 Å². The molecule has 2 rings (SSSR count). The van der Waals surface area contributed by atoms with E-state index >= 15 is 0 Å². The van der Waals surface area contributed by atoms with Crippen molar-refractivity contribution in [1.29, 1.82) is 0 Å². The normalized spacial score (nSPS) is 21.7. The van der Waals surface area contributed by atoms with E-state index in [4.69, 9.17) is 50.2 Å². The van der Waals surface area contributed by atoms with Crippen LogP contribution in [0.4, 0.5) is 0 Å². The topological polar surface area (TPSA) is 842 Å². The molecule has 50 heteroatoms. The van der Waals surface area contributed by atoms with Crippen LogP contribution < -0.4 is 58.7 Å². The molecule has 0 aromatic carbocycles. The summed E-state index contributed by atoms with van der Waals surface area (Å²) in [7, 11) is -27.9. The maximum absolute atomic E-state index is 11.1. The Labute approximate surface area is 446 Å². The third-order valence-corrected chi connectivity index (χ3v) is 12.1. The standard InChI is InChI=1S/2C9H24N3O9P3.2NO3.10H2O.2Tb/c2*13-22(14,15)7-10-1-2-11(8-23(16,17)18)5-6-12(4-3-10)9-24(19,20)21;2*2-1(3)4;;;;;;;;;;;;/h2*1-9H2,(H2,13,14,15)(H2,16,17,18)(H2,19,20,21);;;10*1H2;;/q;;2*-1;;;;;;;;;;;2*+3/p-2. The molecule has 0 spiro atoms. The average Bonchev–Trinajstić information content (AvgIpc) is 3.04. The Hall–Kier alpha value is 1.23. The van der Waals surface area contributed by atoms with Gasteiger partial charge in [-0.25, -0.2) is 0 Å². The first-order valence-corrected chi connectivity index (χ1v) is 26.0. The fourth-order valence-electron chi connectivity index (χ4n) is 5.23. The fourth-order valence-corrected chi connectivity index (χ4v) is 10.3. The molecule has 2 heterocycles. The van der Waals surface area contributed by atoms with E-state index in [1.807, 2.05) is 0 Å². The van der Waals surface area contributed by atoms with Crippen molar-refractivity contribution < 1.29 is 248 Å². The summed E-state index contributed by atoms with van der Waals surface area (Å²) in [6, 6.07) is 0. The van der Waals surface area contributed by atoms with Crippen LogP contribution in [0.25, 0.3) is 0 Å². The quantitative estimate of drug-likeness (QED) is 0.0389. The van der Waals surface area contributed by atoms with Gasteiger partial charge in [0.2, 0.25) is 0 Å². The third-order valence-electron chi connectivity index (χ3n) is 7.23. The monoisotopic (exact) mass is 1440 g/mol. The van der Waals surface area contributed by atoms with Crippen LogP contribution in [0, 0.1) is 108 Å². The zero-order valence-corrected chi connectivity index (χ0v) is 44.6. The van der Waals surface area contributed by atoms with Gasteiger partial charge in [0.05, 0.1) is 48.9 Å². The van der Waals surface area contributed by atoms with Crippen LogP contribution in [0.15, 0.2) is 0 Å². The molecule has 68 heavy (non-hydrogen) atoms. The van der Waals surface area contributed by atoms with Crippen molar-refractivity contribution in [3.05, 3.63) is 30.6 Å². The molecule has 42 nitrogen and oxygen atoms in total. The zero-order valence-electron chi connectivity index (χ0n) is 35.0. The molecule has 0 amide bonds. The Morgan fingerprint density at radius 1 is 0.382 bits per heavy atom. The van der Waals surface area contributed by atoms with Gasteiger partial charge in [0, 0.05) is 26.2 Å². The molecule has 0 bridgehead atoms. The summed E-state index contributed by atoms with van der Waals surface area (Å²) in [6.45, 7) is 1.84. The van der Waals surface area contributed by atoms with Gasteiger partial charge in [-0.2, -0.15) is 0 Å². The molecular formula is C18H66N8O34P6Tb2+2. The van der Waals surface area contributed by atoms with Gasteiger partial charge < -0.3 is 191 Å². The number of hydrogen-bond acceptors (Lipinski definition) is 22. The molecule has 30 N–H and O–H groups in total. The molecule has 0 aromatic rings. The summed E-state index contributed by atoms with van der Waals surface area (Å²) in [4.78, 5) is 145. The van der Waals surface area contributed by atoms with Gasteiger partial charge in [0.15, 0.2) is 15.2 Å². The minimum atomic E-state index is -4.80. The van der Waals surface area contributed by atoms with Crippen LogP contribution in [-0.4, -0.2) is 200 Å². The number of quaternary nitrogens is 4. The van der Waals surface area contributed by atoms with Crippen molar-refractivity contribution >= 4 is 45.6 Å². The van der Waals surface area contributed by atoms with Crippen LogP contribution in [0.2, 0.25) is 0 Å². The minimum Gasteiger partial charge on any atom is -0.807 e. The second kappa shape index (κ2) is 49.1. The average molecular weight is 1440 g/mol. The van der Waals surface area contributed by atoms with Gasteiger partial charge in [-0.05, 0) is 15.2 Å². The molecule has 2 fully saturated rings. The Balaban J connectivity index is -0.0000000533. The summed E-state index contributed by atoms with van der Waals surface area (Å²) in [5.74, 6) is 0. The Bertz CT molecular complexity index is 1210. The van der Waals surface area contributed by atoms with Crippen LogP contribution in [0.5, 0.6) is 0 Å². The molecule has 8 unspecified atom stereocenters. The van der Waals surface area contributed by atoms with Crippen LogP contribution in [0.1, 0.15) is 0 Å². The van der Waals surface area contributed by atoms with E-state index in [0.717, 1.165) is 0 Å². The number of nitrogens with zero attached hydrogens (tertiary/aromatic N) is 4. The molecule has 0 saturated carbocycles. The fraction of sp³-hybridized carbons (Fsp3) is 1.00. The van der Waals surface area contributed by atoms with Crippen LogP contribution in [0.3, 0.4) is 0 Å². The molecule has 2 saturated heterocycles. The van der Waals surface area contributed by atoms with E-state index in [2.05, 4.69) is 0 Å². The van der Waals surface area contributed by atoms with E-state index in [1.165, 1.54) is 9.80 Å². The maximum atomic E-state index is 11.1. The van der Waals surface area contributed by atoms with Crippen molar-refractivity contribution in [1.82, 2.24) is 9.80 Å². The number of rotatable bonds is 12. The molecule has 0 aliphatic carbocycles. The Morgan fingerprint density at radius 3 is 0.676 bits per heavy atom. The van der Waals surface area contributed by atoms with Gasteiger partial charge in [-0.15, -0.1) is 0 Å². The first-order chi connectivity index (χ1) is 24.9. The smallest absolute Gasteiger partial charge is 0.807 e. The summed E-state index contributed by atoms with van der Waals surface area (Å²) in [5, 5.41) is 29.5. The molecule has 8 atom stereocenters. The van der Waals surface area contributed by atoms with Crippen molar-refractivity contribution in [2.24, 2.45) is 0 Å². The van der Waals surface area contributed by atoms with Crippen LogP contribution in [-0.2, 0) is 38.3 Å². The first-order valence-electron chi connectivity index (χ1n) is 15.5. The summed E-state index contributed by atoms with van der Waals surface area (Å²) >= 11 is 0. The van der Waals surface area contributed by atoms with Gasteiger partial charge in [-0.3, -0.25) is 9.80 Å². The van der Waals surface area contributed by atoms with Crippen molar-refractivity contribution in [2.75, 3.05) is 116 Å². The Morgan fingerprint density at radius 2 is 0.544 bits per heavy atom. The summed E-state index contributed by atoms with van der Waals surface area (Å²) < 4.78 is 66.2. The summed E-state index contributed by atoms with van der Waals surface area (Å²) in [5.41, 5.74) is 0. The maximum Gasteiger partial charge on any atom is 3.00 e. The Kier molecular flexibility index (Phi) is 76.3. The molecule has 428 valence electrons. The number of nitrogens with one attached hydrogen (secondary N) is 4. The van der Waals surface area contributed by atoms with E-state index in [-0.39, 0.29) is 211 Å². The van der Waals surface area contributed by atoms with E-state index in [0.29, 0.717) is 19.6 Å². The van der Waals surface area contributed by atoms with Gasteiger partial charge in [0.25, 0.3) is 0 Å². The second-order valence-electron chi connectivity index (χ2n) is 12.4. The van der Waals surface area contributed by atoms with E-state index in [9.17, 15) is 66.5 Å². The third kappa shape index (κ3) is 78.7. The molecule has 2 aliphatic heterocycles. The van der Waals surface area contributed by atoms with Crippen molar-refractivity contribution in [3.8, 4) is 0 Å². The number of hydrogen-bond donors (Lipinski definition) is 8. The van der Waals surface area contributed by atoms with Crippen LogP contribution >= 0.6 is 45.6 Å². The largest absolute Gasteiger partial charge is 3.00 e. The van der Waals surface area contributed by atoms with Gasteiger partial charge >= 0.3 is 77.2 Å². The van der Waals surface area contributed by atoms with E-state index in [1.54, 1.807) is 0 Å². The molecule has 2 aliphatic rings. The second-order valence-corrected chi connectivity index (χ2v) is 21.7. The zero-order chi connectivity index (χ0) is 44.3. The van der Waals surface area contributed by atoms with Crippen molar-refractivity contribution in [2.45, 2.75) is 0 Å². The summed E-state index contributed by atoms with van der Waals surface area (Å²) in [6.07, 6.45) is -3.86. The SMILES string of the molecule is O.O.O.O.O.O.O.O.O=P([O-])([O-])C[NH+]1CCN(CP(=O)([O-])O)CC[NH+](CP(=O)([O-])O)CC1.O=P([O-])([O-])C[NH+]1CCN(CP(=O)([O-])O)CC[NH+](CP(=O)([O-])O)CC1.O=[N+]([O-])[O-].O=[N+]([O-])[O-].[OH3+].[OH3+].[Tb+3].[Tb+3].